The van der Waals surface area contributed by atoms with Gasteiger partial charge in [0, 0.05) is 17.9 Å². The Bertz CT molecular complexity index is 508. The number of fused-ring (bicyclic) bond motifs is 1. The monoisotopic (exact) mass is 290 g/mol. The minimum absolute atomic E-state index is 0.190. The largest absolute Gasteiger partial charge is 0.377 e. The third kappa shape index (κ3) is 2.19. The van der Waals surface area contributed by atoms with Gasteiger partial charge in [-0.05, 0) is 67.6 Å². The van der Waals surface area contributed by atoms with E-state index in [2.05, 4.69) is 18.2 Å². The molecule has 1 nitrogen and oxygen atoms in total. The summed E-state index contributed by atoms with van der Waals surface area (Å²) in [5.74, 6) is 1.52. The van der Waals surface area contributed by atoms with E-state index < -0.39 is 0 Å². The number of rotatable bonds is 4. The predicted octanol–water partition coefficient (Wildman–Crippen LogP) is 4.14. The number of alkyl halides is 1. The molecule has 0 N–H and O–H groups in total. The topological polar surface area (TPSA) is 9.23 Å². The van der Waals surface area contributed by atoms with Crippen molar-refractivity contribution < 1.29 is 4.74 Å². The minimum atomic E-state index is 0.190. The van der Waals surface area contributed by atoms with Crippen molar-refractivity contribution in [2.45, 2.75) is 51.0 Å². The van der Waals surface area contributed by atoms with Crippen molar-refractivity contribution in [1.29, 1.82) is 0 Å². The fourth-order valence-electron chi connectivity index (χ4n) is 4.26. The van der Waals surface area contributed by atoms with Gasteiger partial charge in [-0.3, -0.25) is 0 Å². The van der Waals surface area contributed by atoms with Gasteiger partial charge in [-0.2, -0.15) is 0 Å². The Balaban J connectivity index is 1.59. The van der Waals surface area contributed by atoms with Gasteiger partial charge < -0.3 is 4.74 Å². The summed E-state index contributed by atoms with van der Waals surface area (Å²) in [5.41, 5.74) is 4.81. The molecular weight excluding hydrogens is 268 g/mol. The molecule has 1 aromatic rings. The molecule has 1 aromatic carbocycles. The molecule has 2 fully saturated rings. The van der Waals surface area contributed by atoms with E-state index in [4.69, 9.17) is 16.3 Å². The summed E-state index contributed by atoms with van der Waals surface area (Å²) in [6.45, 7) is 0.902. The van der Waals surface area contributed by atoms with Crippen molar-refractivity contribution in [1.82, 2.24) is 0 Å². The van der Waals surface area contributed by atoms with E-state index >= 15 is 0 Å². The Morgan fingerprint density at radius 3 is 2.85 bits per heavy atom. The highest BCUT2D eigenvalue weighted by Gasteiger charge is 2.50. The molecule has 0 spiro atoms. The van der Waals surface area contributed by atoms with Crippen molar-refractivity contribution in [3.8, 4) is 0 Å². The summed E-state index contributed by atoms with van der Waals surface area (Å²) in [6.07, 6.45) is 9.19. The lowest BCUT2D eigenvalue weighted by molar-refractivity contribution is 0.0403. The van der Waals surface area contributed by atoms with Crippen molar-refractivity contribution in [2.75, 3.05) is 12.5 Å². The molecule has 4 rings (SSSR count). The SMILES string of the molecule is ClCC1(Cc2ccc3c(c2)CCC3)CCOC1C1CC1. The first-order valence-electron chi connectivity index (χ1n) is 8.09. The first-order valence-corrected chi connectivity index (χ1v) is 8.62. The maximum atomic E-state index is 6.42. The molecule has 0 aromatic heterocycles. The molecule has 2 atom stereocenters. The average molecular weight is 291 g/mol. The lowest BCUT2D eigenvalue weighted by Crippen LogP contribution is -2.36. The zero-order valence-corrected chi connectivity index (χ0v) is 12.8. The average Bonchev–Trinajstić information content (AvgIpc) is 3.05. The molecule has 2 unspecified atom stereocenters. The van der Waals surface area contributed by atoms with E-state index in [1.54, 1.807) is 11.1 Å². The zero-order valence-electron chi connectivity index (χ0n) is 12.0. The van der Waals surface area contributed by atoms with E-state index in [1.807, 2.05) is 0 Å². The fraction of sp³-hybridized carbons (Fsp3) is 0.667. The van der Waals surface area contributed by atoms with E-state index in [1.165, 1.54) is 37.7 Å². The Morgan fingerprint density at radius 2 is 2.05 bits per heavy atom. The van der Waals surface area contributed by atoms with Crippen LogP contribution in [0, 0.1) is 11.3 Å². The molecule has 1 saturated heterocycles. The van der Waals surface area contributed by atoms with Crippen LogP contribution in [0.15, 0.2) is 18.2 Å². The van der Waals surface area contributed by atoms with Gasteiger partial charge in [-0.1, -0.05) is 18.2 Å². The first-order chi connectivity index (χ1) is 9.81. The summed E-state index contributed by atoms with van der Waals surface area (Å²) in [5, 5.41) is 0. The van der Waals surface area contributed by atoms with Crippen LogP contribution in [0.25, 0.3) is 0 Å². The van der Waals surface area contributed by atoms with Crippen LogP contribution in [0.2, 0.25) is 0 Å². The van der Waals surface area contributed by atoms with Gasteiger partial charge in [0.1, 0.15) is 0 Å². The molecule has 2 aliphatic carbocycles. The molecule has 20 heavy (non-hydrogen) atoms. The Kier molecular flexibility index (Phi) is 3.31. The molecule has 2 heteroatoms. The smallest absolute Gasteiger partial charge is 0.0674 e. The lowest BCUT2D eigenvalue weighted by atomic mass is 9.75. The van der Waals surface area contributed by atoms with Gasteiger partial charge in [0.25, 0.3) is 0 Å². The van der Waals surface area contributed by atoms with Gasteiger partial charge in [0.05, 0.1) is 6.10 Å². The third-order valence-corrected chi connectivity index (χ3v) is 6.07. The summed E-state index contributed by atoms with van der Waals surface area (Å²) < 4.78 is 6.06. The van der Waals surface area contributed by atoms with Gasteiger partial charge in [0.2, 0.25) is 0 Å². The first kappa shape index (κ1) is 13.2. The normalized spacial score (nSPS) is 32.5. The number of benzene rings is 1. The Morgan fingerprint density at radius 1 is 1.20 bits per heavy atom. The second kappa shape index (κ2) is 5.03. The molecule has 1 saturated carbocycles. The Labute approximate surface area is 126 Å². The van der Waals surface area contributed by atoms with E-state index in [0.29, 0.717) is 6.10 Å². The van der Waals surface area contributed by atoms with Crippen LogP contribution < -0.4 is 0 Å². The van der Waals surface area contributed by atoms with Crippen LogP contribution >= 0.6 is 11.6 Å². The van der Waals surface area contributed by atoms with Crippen LogP contribution in [0.4, 0.5) is 0 Å². The molecule has 3 aliphatic rings. The minimum Gasteiger partial charge on any atom is -0.377 e. The predicted molar refractivity (Wildman–Crippen MR) is 82.4 cm³/mol. The van der Waals surface area contributed by atoms with Crippen LogP contribution in [-0.4, -0.2) is 18.6 Å². The second-order valence-electron chi connectivity index (χ2n) is 7.01. The summed E-state index contributed by atoms with van der Waals surface area (Å²) in [6, 6.07) is 7.13. The third-order valence-electron chi connectivity index (χ3n) is 5.54. The van der Waals surface area contributed by atoms with Gasteiger partial charge in [0.15, 0.2) is 0 Å². The highest BCUT2D eigenvalue weighted by molar-refractivity contribution is 6.18. The zero-order chi connectivity index (χ0) is 13.6. The van der Waals surface area contributed by atoms with Gasteiger partial charge in [-0.25, -0.2) is 0 Å². The van der Waals surface area contributed by atoms with Crippen LogP contribution in [0.5, 0.6) is 0 Å². The lowest BCUT2D eigenvalue weighted by Gasteiger charge is -2.32. The Hall–Kier alpha value is -0.530. The van der Waals surface area contributed by atoms with Crippen LogP contribution in [-0.2, 0) is 24.0 Å². The fourth-order valence-corrected chi connectivity index (χ4v) is 4.64. The molecule has 1 heterocycles. The van der Waals surface area contributed by atoms with Crippen molar-refractivity contribution in [3.05, 3.63) is 34.9 Å². The highest BCUT2D eigenvalue weighted by Crippen LogP contribution is 2.50. The summed E-state index contributed by atoms with van der Waals surface area (Å²) in [4.78, 5) is 0. The maximum Gasteiger partial charge on any atom is 0.0674 e. The molecule has 108 valence electrons. The molecule has 0 amide bonds. The van der Waals surface area contributed by atoms with E-state index in [-0.39, 0.29) is 5.41 Å². The standard InChI is InChI=1S/C18H23ClO/c19-12-18(8-9-20-17(18)15-6-7-15)11-13-4-5-14-2-1-3-16(14)10-13/h4-5,10,15,17H,1-3,6-9,11-12H2. The number of halogens is 1. The highest BCUT2D eigenvalue weighted by atomic mass is 35.5. The van der Waals surface area contributed by atoms with Crippen molar-refractivity contribution in [2.24, 2.45) is 11.3 Å². The molecule has 0 bridgehead atoms. The summed E-state index contributed by atoms with van der Waals surface area (Å²) in [7, 11) is 0. The van der Waals surface area contributed by atoms with Crippen molar-refractivity contribution in [3.63, 3.8) is 0 Å². The van der Waals surface area contributed by atoms with Crippen LogP contribution in [0.1, 0.15) is 42.4 Å². The quantitative estimate of drug-likeness (QED) is 0.757. The summed E-state index contributed by atoms with van der Waals surface area (Å²) >= 11 is 6.42. The molecule has 0 radical (unpaired) electrons. The molecular formula is C18H23ClO. The second-order valence-corrected chi connectivity index (χ2v) is 7.28. The van der Waals surface area contributed by atoms with E-state index in [9.17, 15) is 0 Å². The van der Waals surface area contributed by atoms with E-state index in [0.717, 1.165) is 31.2 Å². The number of aryl methyl sites for hydroxylation is 2. The molecule has 1 aliphatic heterocycles. The number of hydrogen-bond donors (Lipinski definition) is 0. The number of ether oxygens (including phenoxy) is 1. The van der Waals surface area contributed by atoms with Gasteiger partial charge in [-0.15, -0.1) is 11.6 Å². The number of hydrogen-bond acceptors (Lipinski definition) is 1. The van der Waals surface area contributed by atoms with Crippen LogP contribution in [0.3, 0.4) is 0 Å². The van der Waals surface area contributed by atoms with Crippen molar-refractivity contribution >= 4 is 11.6 Å². The van der Waals surface area contributed by atoms with Gasteiger partial charge >= 0.3 is 0 Å². The maximum absolute atomic E-state index is 6.42.